The van der Waals surface area contributed by atoms with Crippen LogP contribution >= 0.6 is 15.9 Å². The predicted octanol–water partition coefficient (Wildman–Crippen LogP) is 2.03. The van der Waals surface area contributed by atoms with E-state index in [1.54, 1.807) is 7.11 Å². The number of benzene rings is 1. The Kier molecular flexibility index (Phi) is 8.82. The fraction of sp³-hybridized carbons (Fsp3) is 0.500. The summed E-state index contributed by atoms with van der Waals surface area (Å²) in [7, 11) is 1.67. The van der Waals surface area contributed by atoms with E-state index in [0.717, 1.165) is 22.7 Å². The third-order valence-corrected chi connectivity index (χ3v) is 2.92. The van der Waals surface area contributed by atoms with Crippen molar-refractivity contribution < 1.29 is 9.47 Å². The SMILES string of the molecule is CCNC(=NCCOC)NCCOc1ccc(Br)cc1. The van der Waals surface area contributed by atoms with E-state index in [9.17, 15) is 0 Å². The van der Waals surface area contributed by atoms with E-state index in [0.29, 0.717) is 26.3 Å². The van der Waals surface area contributed by atoms with E-state index in [1.807, 2.05) is 31.2 Å². The van der Waals surface area contributed by atoms with E-state index in [4.69, 9.17) is 9.47 Å². The average Bonchev–Trinajstić information content (AvgIpc) is 2.45. The molecule has 1 aromatic carbocycles. The number of nitrogens with zero attached hydrogens (tertiary/aromatic N) is 1. The lowest BCUT2D eigenvalue weighted by molar-refractivity contribution is 0.208. The summed E-state index contributed by atoms with van der Waals surface area (Å²) in [6, 6.07) is 7.78. The number of hydrogen-bond donors (Lipinski definition) is 2. The zero-order chi connectivity index (χ0) is 14.6. The number of aliphatic imine (C=N–C) groups is 1. The molecule has 0 aromatic heterocycles. The molecule has 0 aliphatic heterocycles. The van der Waals surface area contributed by atoms with E-state index in [2.05, 4.69) is 31.6 Å². The molecule has 0 heterocycles. The van der Waals surface area contributed by atoms with Gasteiger partial charge in [0.2, 0.25) is 0 Å². The van der Waals surface area contributed by atoms with Gasteiger partial charge in [0.05, 0.1) is 19.7 Å². The van der Waals surface area contributed by atoms with Gasteiger partial charge in [0.25, 0.3) is 0 Å². The van der Waals surface area contributed by atoms with E-state index >= 15 is 0 Å². The Morgan fingerprint density at radius 1 is 1.20 bits per heavy atom. The Morgan fingerprint density at radius 2 is 1.95 bits per heavy atom. The van der Waals surface area contributed by atoms with Crippen molar-refractivity contribution in [3.05, 3.63) is 28.7 Å². The summed E-state index contributed by atoms with van der Waals surface area (Å²) in [5, 5.41) is 6.38. The first-order valence-electron chi connectivity index (χ1n) is 6.65. The molecule has 0 radical (unpaired) electrons. The number of hydrogen-bond acceptors (Lipinski definition) is 3. The molecule has 0 amide bonds. The van der Waals surface area contributed by atoms with Gasteiger partial charge in [-0.25, -0.2) is 0 Å². The maximum absolute atomic E-state index is 5.62. The smallest absolute Gasteiger partial charge is 0.191 e. The van der Waals surface area contributed by atoms with Crippen LogP contribution in [-0.2, 0) is 4.74 Å². The van der Waals surface area contributed by atoms with Gasteiger partial charge < -0.3 is 20.1 Å². The highest BCUT2D eigenvalue weighted by molar-refractivity contribution is 9.10. The van der Waals surface area contributed by atoms with Gasteiger partial charge in [-0.1, -0.05) is 15.9 Å². The highest BCUT2D eigenvalue weighted by Gasteiger charge is 1.97. The minimum Gasteiger partial charge on any atom is -0.492 e. The number of rotatable bonds is 8. The summed E-state index contributed by atoms with van der Waals surface area (Å²) < 4.78 is 11.6. The number of ether oxygens (including phenoxy) is 2. The molecule has 0 aliphatic carbocycles. The van der Waals surface area contributed by atoms with E-state index in [-0.39, 0.29) is 0 Å². The highest BCUT2D eigenvalue weighted by Crippen LogP contribution is 2.15. The molecule has 20 heavy (non-hydrogen) atoms. The van der Waals surface area contributed by atoms with Crippen LogP contribution in [0.25, 0.3) is 0 Å². The first kappa shape index (κ1) is 16.8. The Bertz CT molecular complexity index is 396. The molecule has 0 fully saturated rings. The lowest BCUT2D eigenvalue weighted by Crippen LogP contribution is -2.39. The van der Waals surface area contributed by atoms with Crippen LogP contribution in [0.4, 0.5) is 0 Å². The number of methoxy groups -OCH3 is 1. The number of halogens is 1. The van der Waals surface area contributed by atoms with Crippen LogP contribution in [0.1, 0.15) is 6.92 Å². The van der Waals surface area contributed by atoms with Gasteiger partial charge in [-0.3, -0.25) is 4.99 Å². The van der Waals surface area contributed by atoms with Crippen molar-refractivity contribution in [2.45, 2.75) is 6.92 Å². The minimum absolute atomic E-state index is 0.580. The summed E-state index contributed by atoms with van der Waals surface area (Å²) in [6.07, 6.45) is 0. The molecule has 0 atom stereocenters. The van der Waals surface area contributed by atoms with Crippen molar-refractivity contribution in [1.82, 2.24) is 10.6 Å². The Morgan fingerprint density at radius 3 is 2.60 bits per heavy atom. The van der Waals surface area contributed by atoms with Crippen molar-refractivity contribution in [3.8, 4) is 5.75 Å². The largest absolute Gasteiger partial charge is 0.492 e. The third-order valence-electron chi connectivity index (χ3n) is 2.39. The Hall–Kier alpha value is -1.27. The molecule has 2 N–H and O–H groups in total. The van der Waals surface area contributed by atoms with Crippen LogP contribution in [0.5, 0.6) is 5.75 Å². The second kappa shape index (κ2) is 10.5. The number of guanidine groups is 1. The Balaban J connectivity index is 2.25. The van der Waals surface area contributed by atoms with Crippen molar-refractivity contribution >= 4 is 21.9 Å². The minimum atomic E-state index is 0.580. The summed E-state index contributed by atoms with van der Waals surface area (Å²) in [5.41, 5.74) is 0. The molecule has 0 spiro atoms. The van der Waals surface area contributed by atoms with Gasteiger partial charge in [-0.15, -0.1) is 0 Å². The molecule has 0 saturated heterocycles. The summed E-state index contributed by atoms with van der Waals surface area (Å²) in [6.45, 7) is 5.38. The van der Waals surface area contributed by atoms with Crippen LogP contribution in [0.15, 0.2) is 33.7 Å². The van der Waals surface area contributed by atoms with Gasteiger partial charge in [0.1, 0.15) is 12.4 Å². The van der Waals surface area contributed by atoms with Crippen LogP contribution in [0, 0.1) is 0 Å². The highest BCUT2D eigenvalue weighted by atomic mass is 79.9. The van der Waals surface area contributed by atoms with E-state index in [1.165, 1.54) is 0 Å². The van der Waals surface area contributed by atoms with Gasteiger partial charge in [0.15, 0.2) is 5.96 Å². The zero-order valence-electron chi connectivity index (χ0n) is 12.0. The van der Waals surface area contributed by atoms with E-state index < -0.39 is 0 Å². The standard InChI is InChI=1S/C14H22BrN3O2/c1-3-16-14(17-8-10-19-2)18-9-11-20-13-6-4-12(15)5-7-13/h4-7H,3,8-11H2,1-2H3,(H2,16,17,18). The second-order valence-corrected chi connectivity index (χ2v) is 4.90. The molecule has 6 heteroatoms. The molecule has 1 rings (SSSR count). The molecule has 0 aliphatic rings. The lowest BCUT2D eigenvalue weighted by Gasteiger charge is -2.12. The molecule has 0 saturated carbocycles. The Labute approximate surface area is 128 Å². The van der Waals surface area contributed by atoms with Crippen molar-refractivity contribution in [2.75, 3.05) is 40.0 Å². The fourth-order valence-electron chi connectivity index (χ4n) is 1.46. The second-order valence-electron chi connectivity index (χ2n) is 3.98. The number of nitrogens with one attached hydrogen (secondary N) is 2. The van der Waals surface area contributed by atoms with Crippen LogP contribution in [0.2, 0.25) is 0 Å². The first-order valence-corrected chi connectivity index (χ1v) is 7.45. The summed E-state index contributed by atoms with van der Waals surface area (Å²) in [4.78, 5) is 4.37. The fourth-order valence-corrected chi connectivity index (χ4v) is 1.72. The maximum atomic E-state index is 5.62. The third kappa shape index (κ3) is 7.35. The van der Waals surface area contributed by atoms with Gasteiger partial charge in [-0.2, -0.15) is 0 Å². The first-order chi connectivity index (χ1) is 9.76. The van der Waals surface area contributed by atoms with Crippen LogP contribution < -0.4 is 15.4 Å². The molecular formula is C14H22BrN3O2. The molecule has 5 nitrogen and oxygen atoms in total. The van der Waals surface area contributed by atoms with Crippen molar-refractivity contribution in [1.29, 1.82) is 0 Å². The molecule has 1 aromatic rings. The average molecular weight is 344 g/mol. The predicted molar refractivity (Wildman–Crippen MR) is 85.5 cm³/mol. The molecular weight excluding hydrogens is 322 g/mol. The van der Waals surface area contributed by atoms with Crippen LogP contribution in [-0.4, -0.2) is 45.9 Å². The summed E-state index contributed by atoms with van der Waals surface area (Å²) >= 11 is 3.39. The molecule has 112 valence electrons. The lowest BCUT2D eigenvalue weighted by atomic mass is 10.3. The van der Waals surface area contributed by atoms with Gasteiger partial charge in [-0.05, 0) is 31.2 Å². The monoisotopic (exact) mass is 343 g/mol. The van der Waals surface area contributed by atoms with Crippen molar-refractivity contribution in [2.24, 2.45) is 4.99 Å². The molecule has 0 bridgehead atoms. The van der Waals surface area contributed by atoms with Gasteiger partial charge >= 0.3 is 0 Å². The van der Waals surface area contributed by atoms with Crippen molar-refractivity contribution in [3.63, 3.8) is 0 Å². The topological polar surface area (TPSA) is 54.9 Å². The molecule has 0 unspecified atom stereocenters. The normalized spacial score (nSPS) is 11.2. The van der Waals surface area contributed by atoms with Crippen LogP contribution in [0.3, 0.4) is 0 Å². The maximum Gasteiger partial charge on any atom is 0.191 e. The summed E-state index contributed by atoms with van der Waals surface area (Å²) in [5.74, 6) is 1.64. The van der Waals surface area contributed by atoms with Gasteiger partial charge in [0, 0.05) is 18.1 Å². The quantitative estimate of drug-likeness (QED) is 0.430. The zero-order valence-corrected chi connectivity index (χ0v) is 13.6.